The molecule has 1 atom stereocenters. The molecule has 0 spiro atoms. The third-order valence-electron chi connectivity index (χ3n) is 4.06. The quantitative estimate of drug-likeness (QED) is 0.642. The maximum Gasteiger partial charge on any atom is 0.234 e. The van der Waals surface area contributed by atoms with Crippen LogP contribution in [0.1, 0.15) is 0 Å². The molecule has 1 aliphatic heterocycles. The van der Waals surface area contributed by atoms with Gasteiger partial charge in [0.15, 0.2) is 17.6 Å². The number of aromatic nitrogens is 2. The molecule has 0 aliphatic carbocycles. The van der Waals surface area contributed by atoms with Crippen LogP contribution in [0, 0.1) is 5.82 Å². The molecule has 1 aromatic heterocycles. The van der Waals surface area contributed by atoms with Gasteiger partial charge in [0.2, 0.25) is 5.91 Å². The fourth-order valence-electron chi connectivity index (χ4n) is 2.77. The average Bonchev–Trinajstić information content (AvgIpc) is 3.14. The first-order valence-corrected chi connectivity index (χ1v) is 9.73. The van der Waals surface area contributed by atoms with E-state index in [0.29, 0.717) is 18.8 Å². The number of fused-ring (bicyclic) bond motifs is 1. The third kappa shape index (κ3) is 4.64. The molecule has 4 rings (SSSR count). The highest BCUT2D eigenvalue weighted by Gasteiger charge is 2.21. The number of para-hydroxylation sites is 2. The van der Waals surface area contributed by atoms with E-state index in [2.05, 4.69) is 10.4 Å². The molecule has 144 valence electrons. The molecule has 1 amide bonds. The lowest BCUT2D eigenvalue weighted by Gasteiger charge is -2.26. The Kier molecular flexibility index (Phi) is 5.48. The number of hydrogen-bond acceptors (Lipinski definition) is 5. The highest BCUT2D eigenvalue weighted by molar-refractivity contribution is 8.00. The minimum absolute atomic E-state index is 0.153. The summed E-state index contributed by atoms with van der Waals surface area (Å²) in [6.07, 6.45) is 3.19. The van der Waals surface area contributed by atoms with Crippen molar-refractivity contribution in [3.8, 4) is 11.5 Å². The standard InChI is InChI=1S/C20H18FN3O3S/c21-14-5-7-17(8-6-14)28-13-20(25)23-15-9-22-24(10-15)11-16-12-26-18-3-1-2-4-19(18)27-16/h1-10,16H,11-13H2,(H,23,25). The molecule has 8 heteroatoms. The van der Waals surface area contributed by atoms with E-state index in [1.807, 2.05) is 24.3 Å². The lowest BCUT2D eigenvalue weighted by atomic mass is 10.2. The van der Waals surface area contributed by atoms with Crippen LogP contribution in [0.25, 0.3) is 0 Å². The first-order chi connectivity index (χ1) is 13.7. The van der Waals surface area contributed by atoms with Crippen LogP contribution in [0.3, 0.4) is 0 Å². The van der Waals surface area contributed by atoms with Gasteiger partial charge in [0, 0.05) is 11.1 Å². The van der Waals surface area contributed by atoms with Crippen molar-refractivity contribution >= 4 is 23.4 Å². The van der Waals surface area contributed by atoms with E-state index in [9.17, 15) is 9.18 Å². The van der Waals surface area contributed by atoms with Crippen LogP contribution in [-0.4, -0.2) is 34.2 Å². The van der Waals surface area contributed by atoms with Crippen LogP contribution in [0.15, 0.2) is 65.8 Å². The number of halogens is 1. The molecule has 1 unspecified atom stereocenters. The lowest BCUT2D eigenvalue weighted by Crippen LogP contribution is -2.33. The summed E-state index contributed by atoms with van der Waals surface area (Å²) >= 11 is 1.34. The SMILES string of the molecule is O=C(CSc1ccc(F)cc1)Nc1cnn(CC2COc3ccccc3O2)c1. The fraction of sp³-hybridized carbons (Fsp3) is 0.200. The van der Waals surface area contributed by atoms with Gasteiger partial charge in [0.05, 0.1) is 24.2 Å². The Balaban J connectivity index is 1.27. The Hall–Kier alpha value is -3.00. The minimum atomic E-state index is -0.294. The third-order valence-corrected chi connectivity index (χ3v) is 5.07. The zero-order valence-corrected chi connectivity index (χ0v) is 15.7. The molecule has 0 saturated heterocycles. The van der Waals surface area contributed by atoms with E-state index in [0.717, 1.165) is 16.4 Å². The van der Waals surface area contributed by atoms with Gasteiger partial charge >= 0.3 is 0 Å². The number of carbonyl (C=O) groups excluding carboxylic acids is 1. The van der Waals surface area contributed by atoms with Crippen molar-refractivity contribution in [1.29, 1.82) is 0 Å². The average molecular weight is 399 g/mol. The van der Waals surface area contributed by atoms with E-state index < -0.39 is 0 Å². The highest BCUT2D eigenvalue weighted by Crippen LogP contribution is 2.31. The van der Waals surface area contributed by atoms with Crippen molar-refractivity contribution in [3.05, 3.63) is 66.7 Å². The summed E-state index contributed by atoms with van der Waals surface area (Å²) in [7, 11) is 0. The number of nitrogens with one attached hydrogen (secondary N) is 1. The molecule has 0 radical (unpaired) electrons. The molecular weight excluding hydrogens is 381 g/mol. The highest BCUT2D eigenvalue weighted by atomic mass is 32.2. The van der Waals surface area contributed by atoms with Gasteiger partial charge in [0.25, 0.3) is 0 Å². The largest absolute Gasteiger partial charge is 0.486 e. The van der Waals surface area contributed by atoms with Gasteiger partial charge in [-0.25, -0.2) is 4.39 Å². The van der Waals surface area contributed by atoms with Crippen LogP contribution in [0.2, 0.25) is 0 Å². The number of ether oxygens (including phenoxy) is 2. The Morgan fingerprint density at radius 3 is 2.82 bits per heavy atom. The molecular formula is C20H18FN3O3S. The lowest BCUT2D eigenvalue weighted by molar-refractivity contribution is -0.113. The van der Waals surface area contributed by atoms with E-state index in [1.165, 1.54) is 23.9 Å². The van der Waals surface area contributed by atoms with Gasteiger partial charge in [-0.2, -0.15) is 5.10 Å². The van der Waals surface area contributed by atoms with Gasteiger partial charge in [-0.3, -0.25) is 9.48 Å². The summed E-state index contributed by atoms with van der Waals surface area (Å²) in [6, 6.07) is 13.6. The van der Waals surface area contributed by atoms with E-state index in [1.54, 1.807) is 29.2 Å². The summed E-state index contributed by atoms with van der Waals surface area (Å²) < 4.78 is 26.2. The summed E-state index contributed by atoms with van der Waals surface area (Å²) in [4.78, 5) is 12.9. The van der Waals surface area contributed by atoms with Gasteiger partial charge in [0.1, 0.15) is 12.4 Å². The molecule has 3 aromatic rings. The number of benzene rings is 2. The number of anilines is 1. The van der Waals surface area contributed by atoms with Gasteiger partial charge in [-0.1, -0.05) is 12.1 Å². The van der Waals surface area contributed by atoms with Crippen LogP contribution in [-0.2, 0) is 11.3 Å². The van der Waals surface area contributed by atoms with Crippen molar-refractivity contribution in [2.45, 2.75) is 17.5 Å². The summed E-state index contributed by atoms with van der Waals surface area (Å²) in [6.45, 7) is 0.946. The predicted octanol–water partition coefficient (Wildman–Crippen LogP) is 3.59. The second-order valence-electron chi connectivity index (χ2n) is 6.24. The topological polar surface area (TPSA) is 65.4 Å². The summed E-state index contributed by atoms with van der Waals surface area (Å²) in [5.74, 6) is 1.24. The summed E-state index contributed by atoms with van der Waals surface area (Å²) in [5.41, 5.74) is 0.613. The predicted molar refractivity (Wildman–Crippen MR) is 104 cm³/mol. The number of amides is 1. The molecule has 1 aliphatic rings. The van der Waals surface area contributed by atoms with Crippen LogP contribution in [0.4, 0.5) is 10.1 Å². The van der Waals surface area contributed by atoms with Crippen molar-refractivity contribution in [2.24, 2.45) is 0 Å². The number of nitrogens with zero attached hydrogens (tertiary/aromatic N) is 2. The molecule has 0 fully saturated rings. The number of thioether (sulfide) groups is 1. The van der Waals surface area contributed by atoms with Gasteiger partial charge < -0.3 is 14.8 Å². The Morgan fingerprint density at radius 2 is 2.00 bits per heavy atom. The normalized spacial score (nSPS) is 15.2. The molecule has 28 heavy (non-hydrogen) atoms. The first kappa shape index (κ1) is 18.4. The Morgan fingerprint density at radius 1 is 1.21 bits per heavy atom. The Labute approximate surface area is 165 Å². The number of hydrogen-bond donors (Lipinski definition) is 1. The van der Waals surface area contributed by atoms with E-state index in [4.69, 9.17) is 9.47 Å². The molecule has 6 nitrogen and oxygen atoms in total. The monoisotopic (exact) mass is 399 g/mol. The molecule has 2 aromatic carbocycles. The van der Waals surface area contributed by atoms with Gasteiger partial charge in [-0.05, 0) is 36.4 Å². The van der Waals surface area contributed by atoms with E-state index in [-0.39, 0.29) is 23.6 Å². The van der Waals surface area contributed by atoms with Crippen LogP contribution >= 0.6 is 11.8 Å². The number of carbonyl (C=O) groups is 1. The number of rotatable bonds is 6. The van der Waals surface area contributed by atoms with Gasteiger partial charge in [-0.15, -0.1) is 11.8 Å². The van der Waals surface area contributed by atoms with Crippen molar-refractivity contribution in [1.82, 2.24) is 9.78 Å². The zero-order chi connectivity index (χ0) is 19.3. The maximum atomic E-state index is 12.9. The molecule has 2 heterocycles. The van der Waals surface area contributed by atoms with E-state index >= 15 is 0 Å². The fourth-order valence-corrected chi connectivity index (χ4v) is 3.46. The maximum absolute atomic E-state index is 12.9. The molecule has 0 saturated carbocycles. The smallest absolute Gasteiger partial charge is 0.234 e. The second kappa shape index (κ2) is 8.35. The molecule has 1 N–H and O–H groups in total. The van der Waals surface area contributed by atoms with Crippen LogP contribution in [0.5, 0.6) is 11.5 Å². The van der Waals surface area contributed by atoms with Crippen molar-refractivity contribution < 1.29 is 18.7 Å². The van der Waals surface area contributed by atoms with Crippen LogP contribution < -0.4 is 14.8 Å². The summed E-state index contributed by atoms with van der Waals surface area (Å²) in [5, 5.41) is 7.07. The first-order valence-electron chi connectivity index (χ1n) is 8.75. The van der Waals surface area contributed by atoms with Crippen molar-refractivity contribution in [3.63, 3.8) is 0 Å². The Bertz CT molecular complexity index is 961. The zero-order valence-electron chi connectivity index (χ0n) is 14.9. The second-order valence-corrected chi connectivity index (χ2v) is 7.29. The minimum Gasteiger partial charge on any atom is -0.486 e. The van der Waals surface area contributed by atoms with Crippen molar-refractivity contribution in [2.75, 3.05) is 17.7 Å². The molecule has 0 bridgehead atoms.